The van der Waals surface area contributed by atoms with E-state index in [4.69, 9.17) is 5.26 Å². The van der Waals surface area contributed by atoms with Gasteiger partial charge in [-0.3, -0.25) is 9.59 Å². The monoisotopic (exact) mass is 620 g/mol. The Morgan fingerprint density at radius 3 is 2.23 bits per heavy atom. The predicted molar refractivity (Wildman–Crippen MR) is 152 cm³/mol. The van der Waals surface area contributed by atoms with Crippen LogP contribution in [0.3, 0.4) is 0 Å². The first-order chi connectivity index (χ1) is 20.3. The standard InChI is InChI=1S/C29H35F3N6O4S/c1-21-24(28(40)38(27(21)39)23-11-10-22(18-33)25(17-23)29(30,31)32)9-7-5-3-4-6-8-12-36-13-15-37(16-14-36)43(41,42)26-19-35(2)20-34-26/h10-11,17,19-20H,3-9,12-16H2,1-2H3. The summed E-state index contributed by atoms with van der Waals surface area (Å²) in [6.45, 7) is 4.61. The summed E-state index contributed by atoms with van der Waals surface area (Å²) in [6.07, 6.45) is 4.01. The zero-order chi connectivity index (χ0) is 31.4. The SMILES string of the molecule is CC1=C(CCCCCCCCN2CCN(S(=O)(=O)c3cn(C)cn3)CC2)C(=O)N(c2ccc(C#N)c(C(F)(F)F)c2)C1=O. The molecule has 10 nitrogen and oxygen atoms in total. The number of carbonyl (C=O) groups is 2. The lowest BCUT2D eigenvalue weighted by Crippen LogP contribution is -2.48. The molecular formula is C29H35F3N6O4S. The minimum absolute atomic E-state index is 0.0713. The summed E-state index contributed by atoms with van der Waals surface area (Å²) in [5, 5.41) is 9.08. The van der Waals surface area contributed by atoms with E-state index >= 15 is 0 Å². The molecule has 43 heavy (non-hydrogen) atoms. The van der Waals surface area contributed by atoms with E-state index in [1.54, 1.807) is 11.6 Å². The molecule has 0 saturated carbocycles. The second-order valence-electron chi connectivity index (χ2n) is 10.9. The summed E-state index contributed by atoms with van der Waals surface area (Å²) in [6, 6.07) is 4.33. The third kappa shape index (κ3) is 7.34. The van der Waals surface area contributed by atoms with Crippen LogP contribution in [0.2, 0.25) is 0 Å². The molecule has 0 aliphatic carbocycles. The number of hydrogen-bond acceptors (Lipinski definition) is 7. The fourth-order valence-electron chi connectivity index (χ4n) is 5.41. The van der Waals surface area contributed by atoms with Gasteiger partial charge < -0.3 is 9.47 Å². The molecule has 2 aliphatic heterocycles. The first-order valence-corrected chi connectivity index (χ1v) is 15.7. The van der Waals surface area contributed by atoms with Gasteiger partial charge in [0, 0.05) is 50.6 Å². The number of carbonyl (C=O) groups excluding carboxylic acids is 2. The van der Waals surface area contributed by atoms with Gasteiger partial charge in [0.1, 0.15) is 0 Å². The number of rotatable bonds is 12. The van der Waals surface area contributed by atoms with Crippen molar-refractivity contribution in [3.63, 3.8) is 0 Å². The van der Waals surface area contributed by atoms with Crippen molar-refractivity contribution in [1.29, 1.82) is 5.26 Å². The summed E-state index contributed by atoms with van der Waals surface area (Å²) < 4.78 is 68.7. The van der Waals surface area contributed by atoms with E-state index in [-0.39, 0.29) is 16.3 Å². The smallest absolute Gasteiger partial charge is 0.339 e. The topological polar surface area (TPSA) is 120 Å². The van der Waals surface area contributed by atoms with Crippen LogP contribution in [0.5, 0.6) is 0 Å². The number of aromatic nitrogens is 2. The van der Waals surface area contributed by atoms with Crippen LogP contribution >= 0.6 is 0 Å². The van der Waals surface area contributed by atoms with Crippen molar-refractivity contribution >= 4 is 27.5 Å². The van der Waals surface area contributed by atoms with Crippen LogP contribution in [0.15, 0.2) is 46.9 Å². The maximum absolute atomic E-state index is 13.4. The van der Waals surface area contributed by atoms with Crippen LogP contribution in [-0.2, 0) is 32.8 Å². The number of anilines is 1. The lowest BCUT2D eigenvalue weighted by molar-refractivity contribution is -0.138. The Balaban J connectivity index is 1.15. The van der Waals surface area contributed by atoms with Gasteiger partial charge in [-0.15, -0.1) is 0 Å². The molecule has 1 aromatic heterocycles. The van der Waals surface area contributed by atoms with Crippen molar-refractivity contribution in [1.82, 2.24) is 18.8 Å². The molecule has 232 valence electrons. The van der Waals surface area contributed by atoms with Crippen LogP contribution in [-0.4, -0.2) is 71.7 Å². The fraction of sp³-hybridized carbons (Fsp3) is 0.517. The Morgan fingerprint density at radius 2 is 1.63 bits per heavy atom. The van der Waals surface area contributed by atoms with Crippen molar-refractivity contribution in [3.8, 4) is 6.07 Å². The average molecular weight is 621 g/mol. The number of imide groups is 1. The fourth-order valence-corrected chi connectivity index (χ4v) is 6.80. The molecule has 0 atom stereocenters. The van der Waals surface area contributed by atoms with Crippen molar-refractivity contribution in [2.45, 2.75) is 63.1 Å². The highest BCUT2D eigenvalue weighted by atomic mass is 32.2. The Kier molecular flexibility index (Phi) is 10.1. The molecule has 14 heteroatoms. The molecule has 3 heterocycles. The van der Waals surface area contributed by atoms with E-state index in [1.807, 2.05) is 0 Å². The average Bonchev–Trinajstić information content (AvgIpc) is 3.50. The van der Waals surface area contributed by atoms with E-state index in [9.17, 15) is 31.2 Å². The van der Waals surface area contributed by atoms with Gasteiger partial charge in [-0.25, -0.2) is 18.3 Å². The number of benzene rings is 1. The molecule has 2 aromatic rings. The van der Waals surface area contributed by atoms with Gasteiger partial charge in [0.25, 0.3) is 21.8 Å². The van der Waals surface area contributed by atoms with Crippen LogP contribution in [0.4, 0.5) is 18.9 Å². The number of hydrogen-bond donors (Lipinski definition) is 0. The molecule has 1 aromatic carbocycles. The van der Waals surface area contributed by atoms with Crippen molar-refractivity contribution in [2.24, 2.45) is 7.05 Å². The van der Waals surface area contributed by atoms with E-state index in [1.165, 1.54) is 35.9 Å². The Bertz CT molecular complexity index is 1540. The molecule has 0 spiro atoms. The number of piperazine rings is 1. The maximum Gasteiger partial charge on any atom is 0.417 e. The number of imidazole rings is 1. The summed E-state index contributed by atoms with van der Waals surface area (Å²) in [4.78, 5) is 32.8. The summed E-state index contributed by atoms with van der Waals surface area (Å²) in [5.74, 6) is -1.26. The van der Waals surface area contributed by atoms with E-state index in [2.05, 4.69) is 9.88 Å². The zero-order valence-electron chi connectivity index (χ0n) is 24.2. The molecule has 1 saturated heterocycles. The quantitative estimate of drug-likeness (QED) is 0.257. The van der Waals surface area contributed by atoms with Crippen molar-refractivity contribution in [3.05, 3.63) is 53.0 Å². The number of aryl methyl sites for hydroxylation is 1. The first kappa shape index (κ1) is 32.4. The number of halogens is 3. The van der Waals surface area contributed by atoms with Crippen LogP contribution in [0, 0.1) is 11.3 Å². The molecule has 0 unspecified atom stereocenters. The molecule has 2 aliphatic rings. The lowest BCUT2D eigenvalue weighted by atomic mass is 10.0. The number of amides is 2. The van der Waals surface area contributed by atoms with Gasteiger partial charge in [0.15, 0.2) is 5.03 Å². The van der Waals surface area contributed by atoms with Gasteiger partial charge in [-0.2, -0.15) is 22.7 Å². The van der Waals surface area contributed by atoms with Gasteiger partial charge >= 0.3 is 6.18 Å². The molecule has 0 radical (unpaired) electrons. The van der Waals surface area contributed by atoms with E-state index < -0.39 is 39.1 Å². The van der Waals surface area contributed by atoms with E-state index in [0.29, 0.717) is 50.7 Å². The van der Waals surface area contributed by atoms with Gasteiger partial charge in [0.2, 0.25) is 0 Å². The van der Waals surface area contributed by atoms with Crippen molar-refractivity contribution < 1.29 is 31.2 Å². The second-order valence-corrected chi connectivity index (χ2v) is 12.8. The third-order valence-electron chi connectivity index (χ3n) is 7.89. The van der Waals surface area contributed by atoms with Crippen molar-refractivity contribution in [2.75, 3.05) is 37.6 Å². The predicted octanol–water partition coefficient (Wildman–Crippen LogP) is 4.24. The minimum Gasteiger partial charge on any atom is -0.339 e. The molecule has 4 rings (SSSR count). The van der Waals surface area contributed by atoms with Crippen LogP contribution in [0.25, 0.3) is 0 Å². The Hall–Kier alpha value is -3.54. The lowest BCUT2D eigenvalue weighted by Gasteiger charge is -2.33. The third-order valence-corrected chi connectivity index (χ3v) is 9.68. The second kappa shape index (κ2) is 13.4. The Morgan fingerprint density at radius 1 is 0.977 bits per heavy atom. The van der Waals surface area contributed by atoms with Gasteiger partial charge in [-0.05, 0) is 50.9 Å². The first-order valence-electron chi connectivity index (χ1n) is 14.2. The summed E-state index contributed by atoms with van der Waals surface area (Å²) >= 11 is 0. The molecule has 0 bridgehead atoms. The zero-order valence-corrected chi connectivity index (χ0v) is 25.0. The summed E-state index contributed by atoms with van der Waals surface area (Å²) in [7, 11) is -1.84. The Labute approximate surface area is 249 Å². The van der Waals surface area contributed by atoms with Crippen LogP contribution in [0.1, 0.15) is 63.0 Å². The molecule has 1 fully saturated rings. The molecule has 2 amide bonds. The number of sulfonamides is 1. The van der Waals surface area contributed by atoms with E-state index in [0.717, 1.165) is 49.6 Å². The molecular weight excluding hydrogens is 585 g/mol. The van der Waals surface area contributed by atoms with Gasteiger partial charge in [-0.1, -0.05) is 25.7 Å². The largest absolute Gasteiger partial charge is 0.417 e. The summed E-state index contributed by atoms with van der Waals surface area (Å²) in [5.41, 5.74) is -1.42. The van der Waals surface area contributed by atoms with Gasteiger partial charge in [0.05, 0.1) is 29.2 Å². The number of alkyl halides is 3. The minimum atomic E-state index is -4.79. The molecule has 0 N–H and O–H groups in total. The number of nitriles is 1. The number of nitrogens with zero attached hydrogens (tertiary/aromatic N) is 6. The highest BCUT2D eigenvalue weighted by Gasteiger charge is 2.39. The van der Waals surface area contributed by atoms with Crippen LogP contribution < -0.4 is 4.90 Å². The highest BCUT2D eigenvalue weighted by molar-refractivity contribution is 7.89. The highest BCUT2D eigenvalue weighted by Crippen LogP contribution is 2.37. The number of unbranched alkanes of at least 4 members (excludes halogenated alkanes) is 5. The maximum atomic E-state index is 13.4. The normalized spacial score (nSPS) is 17.3.